The molecule has 0 N–H and O–H groups in total. The van der Waals surface area contributed by atoms with Crippen molar-refractivity contribution in [2.45, 2.75) is 13.8 Å². The van der Waals surface area contributed by atoms with E-state index < -0.39 is 0 Å². The molecule has 0 aliphatic rings. The third kappa shape index (κ3) is 16.3. The lowest BCUT2D eigenvalue weighted by Gasteiger charge is -2.30. The van der Waals surface area contributed by atoms with Crippen LogP contribution in [0.15, 0.2) is 497 Å². The Morgan fingerprint density at radius 2 is 0.348 bits per heavy atom. The van der Waals surface area contributed by atoms with Crippen LogP contribution in [0.1, 0.15) is 11.1 Å². The summed E-state index contributed by atoms with van der Waals surface area (Å²) in [6.45, 7) is 3.83. The molecule has 0 amide bonds. The molecule has 0 heterocycles. The Morgan fingerprint density at radius 1 is 0.145 bits per heavy atom. The molecular formula is C130H88F4N4. The fraction of sp³-hybridized carbons (Fsp3) is 0.0154. The highest BCUT2D eigenvalue weighted by molar-refractivity contribution is 6.30. The number of halogens is 4. The van der Waals surface area contributed by atoms with E-state index in [0.29, 0.717) is 22.7 Å². The van der Waals surface area contributed by atoms with Crippen molar-refractivity contribution < 1.29 is 17.6 Å². The summed E-state index contributed by atoms with van der Waals surface area (Å²) in [5.74, 6) is -1.27. The Morgan fingerprint density at radius 3 is 0.565 bits per heavy atom. The summed E-state index contributed by atoms with van der Waals surface area (Å²) >= 11 is 0. The maximum absolute atomic E-state index is 16.8. The monoisotopic (exact) mass is 1780 g/mol. The minimum Gasteiger partial charge on any atom is -0.310 e. The molecule has 0 bridgehead atoms. The average molecular weight is 1780 g/mol. The largest absolute Gasteiger partial charge is 0.310 e. The van der Waals surface area contributed by atoms with Gasteiger partial charge in [-0.05, 0) is 315 Å². The Bertz CT molecular complexity index is 7910. The second kappa shape index (κ2) is 36.3. The van der Waals surface area contributed by atoms with E-state index in [9.17, 15) is 0 Å². The van der Waals surface area contributed by atoms with Crippen LogP contribution in [-0.2, 0) is 0 Å². The molecule has 0 atom stereocenters. The van der Waals surface area contributed by atoms with Crippen molar-refractivity contribution in [1.82, 2.24) is 0 Å². The summed E-state index contributed by atoms with van der Waals surface area (Å²) in [7, 11) is 0. The Kier molecular flexibility index (Phi) is 22.3. The van der Waals surface area contributed by atoms with Gasteiger partial charge in [-0.25, -0.2) is 17.6 Å². The van der Waals surface area contributed by atoms with Crippen LogP contribution in [0.25, 0.3) is 154 Å². The number of benzene rings is 24. The van der Waals surface area contributed by atoms with Crippen LogP contribution in [0.3, 0.4) is 0 Å². The van der Waals surface area contributed by atoms with Gasteiger partial charge in [0.15, 0.2) is 0 Å². The summed E-state index contributed by atoms with van der Waals surface area (Å²) in [5, 5.41) is 12.5. The zero-order chi connectivity index (χ0) is 92.9. The van der Waals surface area contributed by atoms with Crippen molar-refractivity contribution in [2.75, 3.05) is 19.6 Å². The van der Waals surface area contributed by atoms with Crippen molar-refractivity contribution in [3.05, 3.63) is 532 Å². The fourth-order valence-electron chi connectivity index (χ4n) is 20.1. The molecule has 0 spiro atoms. The normalized spacial score (nSPS) is 11.4. The minimum atomic E-state index is -0.318. The molecule has 0 radical (unpaired) electrons. The van der Waals surface area contributed by atoms with Crippen LogP contribution >= 0.6 is 0 Å². The van der Waals surface area contributed by atoms with Gasteiger partial charge in [0.1, 0.15) is 23.3 Å². The second-order valence-electron chi connectivity index (χ2n) is 35.4. The summed E-state index contributed by atoms with van der Waals surface area (Å²) < 4.78 is 64.7. The van der Waals surface area contributed by atoms with Crippen LogP contribution < -0.4 is 19.6 Å². The molecule has 4 nitrogen and oxygen atoms in total. The highest BCUT2D eigenvalue weighted by Gasteiger charge is 2.30. The molecule has 24 aromatic rings. The van der Waals surface area contributed by atoms with Crippen molar-refractivity contribution in [2.24, 2.45) is 0 Å². The first kappa shape index (κ1) is 84.5. The molecule has 138 heavy (non-hydrogen) atoms. The Labute approximate surface area is 799 Å². The summed E-state index contributed by atoms with van der Waals surface area (Å²) in [5.41, 5.74) is 27.8. The van der Waals surface area contributed by atoms with Gasteiger partial charge in [0.2, 0.25) is 0 Å². The van der Waals surface area contributed by atoms with Crippen molar-refractivity contribution in [1.29, 1.82) is 0 Å². The molecule has 0 unspecified atom stereocenters. The molecule has 24 aromatic carbocycles. The summed E-state index contributed by atoms with van der Waals surface area (Å²) in [4.78, 5) is 8.53. The summed E-state index contributed by atoms with van der Waals surface area (Å²) in [6, 6.07) is 169. The summed E-state index contributed by atoms with van der Waals surface area (Å²) in [6.07, 6.45) is 0. The van der Waals surface area contributed by atoms with Gasteiger partial charge in [0.05, 0.1) is 34.1 Å². The highest BCUT2D eigenvalue weighted by atomic mass is 19.1. The van der Waals surface area contributed by atoms with E-state index >= 15 is 17.6 Å². The molecular weight excluding hydrogens is 1690 g/mol. The lowest BCUT2D eigenvalue weighted by Crippen LogP contribution is -2.13. The van der Waals surface area contributed by atoms with Crippen LogP contribution in [0, 0.1) is 37.1 Å². The maximum atomic E-state index is 16.8. The zero-order valence-corrected chi connectivity index (χ0v) is 75.6. The number of aryl methyl sites for hydroxylation is 2. The van der Waals surface area contributed by atoms with Gasteiger partial charge in [0, 0.05) is 55.7 Å². The van der Waals surface area contributed by atoms with E-state index in [1.807, 2.05) is 147 Å². The highest BCUT2D eigenvalue weighted by Crippen LogP contribution is 2.54. The predicted octanol–water partition coefficient (Wildman–Crippen LogP) is 37.6. The molecule has 8 heteroatoms. The van der Waals surface area contributed by atoms with Crippen LogP contribution in [0.5, 0.6) is 0 Å². The average Bonchev–Trinajstić information content (AvgIpc) is 0.718. The van der Waals surface area contributed by atoms with Gasteiger partial charge in [-0.1, -0.05) is 340 Å². The Balaban J connectivity index is 0.000000155. The smallest absolute Gasteiger partial charge is 0.147 e. The van der Waals surface area contributed by atoms with E-state index in [0.717, 1.165) is 210 Å². The van der Waals surface area contributed by atoms with E-state index in [2.05, 4.69) is 335 Å². The molecule has 0 aliphatic carbocycles. The van der Waals surface area contributed by atoms with E-state index in [-0.39, 0.29) is 23.3 Å². The van der Waals surface area contributed by atoms with Gasteiger partial charge < -0.3 is 19.6 Å². The van der Waals surface area contributed by atoms with Crippen LogP contribution in [-0.4, -0.2) is 0 Å². The molecule has 0 fully saturated rings. The van der Waals surface area contributed by atoms with E-state index in [1.54, 1.807) is 36.4 Å². The topological polar surface area (TPSA) is 13.0 Å². The van der Waals surface area contributed by atoms with E-state index in [4.69, 9.17) is 0 Å². The SMILES string of the molecule is Cc1ccc(N(c2cc(-c3ccccc3)cc(-c3ccccc3)c2)c2ccc3ccc4c(N(c5cc(-c6ccccc6)cc(-c6ccccc6)c5)c5ccc(C)cc5F)ccc5ccc2c3c54)c(F)c1.Fc1cccc(N(c2cc(-c3ccccc3)cc(-c3ccccc3)c2)c2ccc3ccc4c(N(c5cccc(F)c5)c5cc(-c6ccccc6)cc(-c6ccccc6)c5)ccc5ccc2c3c54)c1. The third-order valence-corrected chi connectivity index (χ3v) is 26.6. The first-order valence-corrected chi connectivity index (χ1v) is 46.6. The molecule has 0 aromatic heterocycles. The number of hydrogen-bond acceptors (Lipinski definition) is 4. The van der Waals surface area contributed by atoms with Crippen LogP contribution in [0.2, 0.25) is 0 Å². The maximum Gasteiger partial charge on any atom is 0.147 e. The predicted molar refractivity (Wildman–Crippen MR) is 572 cm³/mol. The van der Waals surface area contributed by atoms with Crippen molar-refractivity contribution in [3.8, 4) is 89.0 Å². The minimum absolute atomic E-state index is 0.317. The lowest BCUT2D eigenvalue weighted by atomic mass is 9.91. The molecule has 0 aliphatic heterocycles. The van der Waals surface area contributed by atoms with Gasteiger partial charge in [-0.2, -0.15) is 0 Å². The molecule has 656 valence electrons. The first-order valence-electron chi connectivity index (χ1n) is 46.6. The molecule has 24 rings (SSSR count). The fourth-order valence-corrected chi connectivity index (χ4v) is 20.1. The van der Waals surface area contributed by atoms with Gasteiger partial charge in [0.25, 0.3) is 0 Å². The van der Waals surface area contributed by atoms with Crippen molar-refractivity contribution >= 4 is 133 Å². The molecule has 0 saturated heterocycles. The lowest BCUT2D eigenvalue weighted by molar-refractivity contribution is 0.627. The first-order chi connectivity index (χ1) is 67.9. The zero-order valence-electron chi connectivity index (χ0n) is 75.6. The number of hydrogen-bond donors (Lipinski definition) is 0. The van der Waals surface area contributed by atoms with Gasteiger partial charge in [-0.3, -0.25) is 0 Å². The number of nitrogens with zero attached hydrogens (tertiary/aromatic N) is 4. The Hall–Kier alpha value is -17.7. The molecule has 0 saturated carbocycles. The number of rotatable bonds is 20. The van der Waals surface area contributed by atoms with Crippen LogP contribution in [0.4, 0.5) is 85.8 Å². The standard InChI is InChI=1S/C66H46F2N2.C64H42F2N2/c1-43-23-31-63(59(67)35-43)69(55-39-51(45-15-7-3-8-16-45)37-52(40-55)46-17-9-4-10-18-46)61-33-27-49-26-30-58-62(34-28-50-25-29-57(61)65(49)66(50)58)70(64-32-24-44(2)36-60(64)68)56-41-53(47-19-11-5-12-20-47)38-54(42-56)48-21-13-6-14-22-48;65-53-23-13-25-55(41-53)67(57-37-49(43-15-5-1-6-16-43)35-50(38-57)44-17-7-2-8-18-44)61-33-29-47-28-32-60-62(34-30-48-27-31-59(61)63(47)64(48)60)68(56-26-14-24-54(66)42-56)58-39-51(45-19-9-3-10-20-45)36-52(40-58)46-21-11-4-12-22-46/h3-42H,1-2H3;1-42H. The van der Waals surface area contributed by atoms with Gasteiger partial charge in [-0.15, -0.1) is 0 Å². The second-order valence-corrected chi connectivity index (χ2v) is 35.4. The quantitative estimate of drug-likeness (QED) is 0.0557. The number of anilines is 12. The van der Waals surface area contributed by atoms with E-state index in [1.165, 1.54) is 12.1 Å². The third-order valence-electron chi connectivity index (χ3n) is 26.6. The van der Waals surface area contributed by atoms with Gasteiger partial charge >= 0.3 is 0 Å². The van der Waals surface area contributed by atoms with Crippen molar-refractivity contribution in [3.63, 3.8) is 0 Å².